The van der Waals surface area contributed by atoms with Gasteiger partial charge in [-0.2, -0.15) is 0 Å². The zero-order chi connectivity index (χ0) is 21.8. The maximum Gasteiger partial charge on any atom is 0.255 e. The largest absolute Gasteiger partial charge is 0.504 e. The summed E-state index contributed by atoms with van der Waals surface area (Å²) in [6.45, 7) is 1.77. The number of carbonyl (C=O) groups excluding carboxylic acids is 1. The topological polar surface area (TPSA) is 101 Å². The highest BCUT2D eigenvalue weighted by atomic mass is 32.1. The molecule has 2 aromatic carbocycles. The van der Waals surface area contributed by atoms with Crippen molar-refractivity contribution in [2.24, 2.45) is 0 Å². The molecule has 2 aromatic rings. The lowest BCUT2D eigenvalue weighted by Gasteiger charge is -2.30. The summed E-state index contributed by atoms with van der Waals surface area (Å²) in [6, 6.07) is 9.46. The molecule has 8 nitrogen and oxygen atoms in total. The standard InChI is InChI=1S/C21H23N3O5S/c1-11-18(20(26)23-14-10-13(27-2)6-8-16(14)28-3)19(24-21(30)22-11)12-5-7-15(25)17(9-12)29-4/h5-10,19,25H,1-4H3,(H,23,26)(H2,22,24,30). The SMILES string of the molecule is COc1ccc(OC)c(NC(=O)C2=C(C)NC(=S)NC2c2ccc(O)c(OC)c2)c1. The summed E-state index contributed by atoms with van der Waals surface area (Å²) >= 11 is 5.28. The third-order valence-electron chi connectivity index (χ3n) is 4.71. The second-order valence-corrected chi connectivity index (χ2v) is 6.93. The summed E-state index contributed by atoms with van der Waals surface area (Å²) in [5.74, 6) is 1.03. The van der Waals surface area contributed by atoms with E-state index < -0.39 is 6.04 Å². The molecule has 1 heterocycles. The van der Waals surface area contributed by atoms with Crippen LogP contribution in [0.5, 0.6) is 23.0 Å². The van der Waals surface area contributed by atoms with Gasteiger partial charge in [-0.05, 0) is 49.0 Å². The number of thiocarbonyl (C=S) groups is 1. The van der Waals surface area contributed by atoms with Crippen molar-refractivity contribution >= 4 is 28.9 Å². The highest BCUT2D eigenvalue weighted by molar-refractivity contribution is 7.80. The van der Waals surface area contributed by atoms with Crippen LogP contribution in [0.25, 0.3) is 0 Å². The fraction of sp³-hybridized carbons (Fsp3) is 0.238. The number of rotatable bonds is 6. The van der Waals surface area contributed by atoms with E-state index in [1.165, 1.54) is 20.3 Å². The van der Waals surface area contributed by atoms with E-state index in [0.29, 0.717) is 44.9 Å². The van der Waals surface area contributed by atoms with E-state index in [4.69, 9.17) is 26.4 Å². The molecule has 1 aliphatic heterocycles. The second-order valence-electron chi connectivity index (χ2n) is 6.52. The number of hydrogen-bond acceptors (Lipinski definition) is 6. The number of ether oxygens (including phenoxy) is 3. The van der Waals surface area contributed by atoms with Gasteiger partial charge in [0.1, 0.15) is 11.5 Å². The third kappa shape index (κ3) is 4.25. The second kappa shape index (κ2) is 8.91. The van der Waals surface area contributed by atoms with Gasteiger partial charge in [0.2, 0.25) is 0 Å². The van der Waals surface area contributed by atoms with E-state index in [-0.39, 0.29) is 11.7 Å². The van der Waals surface area contributed by atoms with Gasteiger partial charge in [0.05, 0.1) is 38.6 Å². The van der Waals surface area contributed by atoms with E-state index in [9.17, 15) is 9.90 Å². The van der Waals surface area contributed by atoms with Crippen molar-refractivity contribution in [3.05, 3.63) is 53.2 Å². The molecule has 4 N–H and O–H groups in total. The monoisotopic (exact) mass is 429 g/mol. The lowest BCUT2D eigenvalue weighted by atomic mass is 9.94. The van der Waals surface area contributed by atoms with Crippen LogP contribution in [0.2, 0.25) is 0 Å². The zero-order valence-corrected chi connectivity index (χ0v) is 17.8. The first-order valence-corrected chi connectivity index (χ1v) is 9.47. The Morgan fingerprint density at radius 1 is 1.07 bits per heavy atom. The van der Waals surface area contributed by atoms with E-state index in [2.05, 4.69) is 16.0 Å². The Morgan fingerprint density at radius 2 is 1.80 bits per heavy atom. The number of aromatic hydroxyl groups is 1. The molecular weight excluding hydrogens is 406 g/mol. The van der Waals surface area contributed by atoms with Gasteiger partial charge in [-0.1, -0.05) is 6.07 Å². The van der Waals surface area contributed by atoms with Crippen LogP contribution in [0.1, 0.15) is 18.5 Å². The van der Waals surface area contributed by atoms with Crippen molar-refractivity contribution in [2.75, 3.05) is 26.6 Å². The third-order valence-corrected chi connectivity index (χ3v) is 4.93. The lowest BCUT2D eigenvalue weighted by molar-refractivity contribution is -0.113. The fourth-order valence-electron chi connectivity index (χ4n) is 3.22. The number of phenolic OH excluding ortho intramolecular Hbond substituents is 1. The predicted octanol–water partition coefficient (Wildman–Crippen LogP) is 2.85. The normalized spacial score (nSPS) is 15.7. The van der Waals surface area contributed by atoms with Gasteiger partial charge >= 0.3 is 0 Å². The molecule has 0 bridgehead atoms. The molecule has 1 aliphatic rings. The van der Waals surface area contributed by atoms with Gasteiger partial charge in [0.25, 0.3) is 5.91 Å². The van der Waals surface area contributed by atoms with Gasteiger partial charge in [-0.25, -0.2) is 0 Å². The summed E-state index contributed by atoms with van der Waals surface area (Å²) in [6.07, 6.45) is 0. The molecule has 0 aliphatic carbocycles. The number of anilines is 1. The molecule has 0 saturated carbocycles. The van der Waals surface area contributed by atoms with Crippen LogP contribution in [-0.2, 0) is 4.79 Å². The molecule has 1 amide bonds. The summed E-state index contributed by atoms with van der Waals surface area (Å²) < 4.78 is 15.8. The fourth-order valence-corrected chi connectivity index (χ4v) is 3.49. The number of hydrogen-bond donors (Lipinski definition) is 4. The highest BCUT2D eigenvalue weighted by Gasteiger charge is 2.31. The van der Waals surface area contributed by atoms with Crippen LogP contribution in [0.15, 0.2) is 47.7 Å². The maximum atomic E-state index is 13.3. The van der Waals surface area contributed by atoms with E-state index in [0.717, 1.165) is 0 Å². The smallest absolute Gasteiger partial charge is 0.255 e. The van der Waals surface area contributed by atoms with Crippen molar-refractivity contribution in [3.63, 3.8) is 0 Å². The molecule has 0 saturated heterocycles. The predicted molar refractivity (Wildman–Crippen MR) is 117 cm³/mol. The molecule has 30 heavy (non-hydrogen) atoms. The minimum absolute atomic E-state index is 0.00517. The Balaban J connectivity index is 2.00. The van der Waals surface area contributed by atoms with Gasteiger partial charge in [0.15, 0.2) is 16.6 Å². The number of nitrogens with one attached hydrogen (secondary N) is 3. The van der Waals surface area contributed by atoms with Crippen molar-refractivity contribution in [1.29, 1.82) is 0 Å². The Kier molecular flexibility index (Phi) is 6.31. The Hall–Kier alpha value is -3.46. The highest BCUT2D eigenvalue weighted by Crippen LogP contribution is 2.35. The zero-order valence-electron chi connectivity index (χ0n) is 17.0. The van der Waals surface area contributed by atoms with Crippen LogP contribution < -0.4 is 30.2 Å². The van der Waals surface area contributed by atoms with E-state index in [1.807, 2.05) is 0 Å². The van der Waals surface area contributed by atoms with Crippen LogP contribution in [0, 0.1) is 0 Å². The summed E-state index contributed by atoms with van der Waals surface area (Å²) in [7, 11) is 4.53. The average molecular weight is 429 g/mol. The Morgan fingerprint density at radius 3 is 2.47 bits per heavy atom. The maximum absolute atomic E-state index is 13.3. The van der Waals surface area contributed by atoms with Crippen LogP contribution in [-0.4, -0.2) is 37.5 Å². The van der Waals surface area contributed by atoms with Gasteiger partial charge < -0.3 is 35.3 Å². The molecule has 0 radical (unpaired) electrons. The molecule has 0 aromatic heterocycles. The van der Waals surface area contributed by atoms with Crippen LogP contribution >= 0.6 is 12.2 Å². The van der Waals surface area contributed by atoms with E-state index in [1.54, 1.807) is 44.4 Å². The summed E-state index contributed by atoms with van der Waals surface area (Å²) in [5.41, 5.74) is 2.21. The van der Waals surface area contributed by atoms with Crippen molar-refractivity contribution in [2.45, 2.75) is 13.0 Å². The quantitative estimate of drug-likeness (QED) is 0.520. The molecule has 9 heteroatoms. The first kappa shape index (κ1) is 21.3. The first-order chi connectivity index (χ1) is 14.4. The molecule has 1 atom stereocenters. The number of carbonyl (C=O) groups is 1. The molecule has 3 rings (SSSR count). The van der Waals surface area contributed by atoms with Crippen molar-refractivity contribution < 1.29 is 24.1 Å². The number of amides is 1. The van der Waals surface area contributed by atoms with Crippen LogP contribution in [0.3, 0.4) is 0 Å². The summed E-state index contributed by atoms with van der Waals surface area (Å²) in [4.78, 5) is 13.3. The Bertz CT molecular complexity index is 1020. The average Bonchev–Trinajstić information content (AvgIpc) is 2.73. The molecule has 0 fully saturated rings. The molecular formula is C21H23N3O5S. The Labute approximate surface area is 179 Å². The number of benzene rings is 2. The van der Waals surface area contributed by atoms with Gasteiger partial charge in [0, 0.05) is 11.8 Å². The lowest BCUT2D eigenvalue weighted by Crippen LogP contribution is -2.45. The number of allylic oxidation sites excluding steroid dienone is 1. The molecule has 0 spiro atoms. The first-order valence-electron chi connectivity index (χ1n) is 9.06. The van der Waals surface area contributed by atoms with Gasteiger partial charge in [-0.15, -0.1) is 0 Å². The number of methoxy groups -OCH3 is 3. The van der Waals surface area contributed by atoms with Crippen molar-refractivity contribution in [1.82, 2.24) is 10.6 Å². The minimum atomic E-state index is -0.551. The minimum Gasteiger partial charge on any atom is -0.504 e. The van der Waals surface area contributed by atoms with E-state index >= 15 is 0 Å². The molecule has 1 unspecified atom stereocenters. The summed E-state index contributed by atoms with van der Waals surface area (Å²) in [5, 5.41) is 19.3. The molecule has 158 valence electrons. The number of phenols is 1. The van der Waals surface area contributed by atoms with Crippen LogP contribution in [0.4, 0.5) is 5.69 Å². The van der Waals surface area contributed by atoms with Crippen molar-refractivity contribution in [3.8, 4) is 23.0 Å². The van der Waals surface area contributed by atoms with Gasteiger partial charge in [-0.3, -0.25) is 4.79 Å².